The maximum absolute atomic E-state index is 12.4. The van der Waals surface area contributed by atoms with Crippen LogP contribution in [0.2, 0.25) is 0 Å². The fraction of sp³-hybridized carbons (Fsp3) is 0.214. The number of aromatic carboxylic acids is 1. The Kier molecular flexibility index (Phi) is 3.19. The van der Waals surface area contributed by atoms with E-state index >= 15 is 0 Å². The van der Waals surface area contributed by atoms with Gasteiger partial charge in [-0.2, -0.15) is 0 Å². The van der Waals surface area contributed by atoms with E-state index in [9.17, 15) is 14.7 Å². The minimum atomic E-state index is -1.10. The molecule has 0 aliphatic heterocycles. The Labute approximate surface area is 119 Å². The summed E-state index contributed by atoms with van der Waals surface area (Å²) in [6, 6.07) is 6.56. The lowest BCUT2D eigenvalue weighted by atomic mass is 10.3. The number of hydrogen-bond acceptors (Lipinski definition) is 4. The van der Waals surface area contributed by atoms with E-state index in [2.05, 4.69) is 4.98 Å². The van der Waals surface area contributed by atoms with E-state index in [1.165, 1.54) is 22.1 Å². The monoisotopic (exact) mass is 287 g/mol. The fourth-order valence-corrected chi connectivity index (χ4v) is 2.34. The molecular weight excluding hydrogens is 274 g/mol. The summed E-state index contributed by atoms with van der Waals surface area (Å²) in [6.07, 6.45) is 1.61. The molecule has 0 spiro atoms. The molecule has 3 aromatic rings. The Morgan fingerprint density at radius 2 is 2.24 bits per heavy atom. The largest absolute Gasteiger partial charge is 0.477 e. The molecule has 0 bridgehead atoms. The van der Waals surface area contributed by atoms with Crippen LogP contribution in [0.3, 0.4) is 0 Å². The van der Waals surface area contributed by atoms with E-state index in [4.69, 9.17) is 4.74 Å². The van der Waals surface area contributed by atoms with Crippen LogP contribution in [0.5, 0.6) is 0 Å². The molecule has 21 heavy (non-hydrogen) atoms. The fourth-order valence-electron chi connectivity index (χ4n) is 2.34. The van der Waals surface area contributed by atoms with Crippen molar-refractivity contribution in [1.29, 1.82) is 0 Å². The van der Waals surface area contributed by atoms with Crippen molar-refractivity contribution < 1.29 is 14.6 Å². The molecule has 108 valence electrons. The summed E-state index contributed by atoms with van der Waals surface area (Å²) < 4.78 is 7.88. The van der Waals surface area contributed by atoms with Crippen molar-refractivity contribution in [1.82, 2.24) is 14.0 Å². The SMILES string of the molecule is COCCn1c(C(=O)O)cc2c(=O)n3ccccc3nc21. The maximum Gasteiger partial charge on any atom is 0.352 e. The first-order chi connectivity index (χ1) is 10.1. The molecule has 0 aliphatic carbocycles. The molecule has 3 rings (SSSR count). The summed E-state index contributed by atoms with van der Waals surface area (Å²) in [4.78, 5) is 28.2. The molecule has 0 aliphatic rings. The number of aromatic nitrogens is 3. The zero-order valence-electron chi connectivity index (χ0n) is 11.3. The number of carboxylic acids is 1. The number of ether oxygens (including phenoxy) is 1. The van der Waals surface area contributed by atoms with Crippen molar-refractivity contribution in [3.8, 4) is 0 Å². The third-order valence-corrected chi connectivity index (χ3v) is 3.31. The highest BCUT2D eigenvalue weighted by Crippen LogP contribution is 2.16. The van der Waals surface area contributed by atoms with Crippen molar-refractivity contribution in [3.63, 3.8) is 0 Å². The van der Waals surface area contributed by atoms with E-state index in [-0.39, 0.29) is 16.6 Å². The third-order valence-electron chi connectivity index (χ3n) is 3.31. The summed E-state index contributed by atoms with van der Waals surface area (Å²) in [7, 11) is 1.53. The van der Waals surface area contributed by atoms with Crippen molar-refractivity contribution in [2.45, 2.75) is 6.54 Å². The van der Waals surface area contributed by atoms with Gasteiger partial charge in [-0.25, -0.2) is 9.78 Å². The first-order valence-corrected chi connectivity index (χ1v) is 6.36. The summed E-state index contributed by atoms with van der Waals surface area (Å²) in [5.74, 6) is -1.10. The van der Waals surface area contributed by atoms with Gasteiger partial charge in [0.05, 0.1) is 12.0 Å². The molecule has 0 saturated carbocycles. The molecule has 0 amide bonds. The average Bonchev–Trinajstić information content (AvgIpc) is 2.84. The molecule has 1 N–H and O–H groups in total. The number of nitrogens with zero attached hydrogens (tertiary/aromatic N) is 3. The number of fused-ring (bicyclic) bond motifs is 2. The van der Waals surface area contributed by atoms with Gasteiger partial charge in [-0.05, 0) is 18.2 Å². The minimum Gasteiger partial charge on any atom is -0.477 e. The lowest BCUT2D eigenvalue weighted by molar-refractivity contribution is 0.0683. The van der Waals surface area contributed by atoms with Crippen LogP contribution in [0.25, 0.3) is 16.7 Å². The van der Waals surface area contributed by atoms with Gasteiger partial charge < -0.3 is 14.4 Å². The lowest BCUT2D eigenvalue weighted by Crippen LogP contribution is -2.16. The Hall–Kier alpha value is -2.67. The molecule has 7 heteroatoms. The molecule has 0 saturated heterocycles. The van der Waals surface area contributed by atoms with Crippen molar-refractivity contribution in [3.05, 3.63) is 46.5 Å². The van der Waals surface area contributed by atoms with E-state index in [1.807, 2.05) is 0 Å². The summed E-state index contributed by atoms with van der Waals surface area (Å²) in [5.41, 5.74) is 0.584. The Balaban J connectivity index is 2.39. The van der Waals surface area contributed by atoms with E-state index in [0.717, 1.165) is 0 Å². The maximum atomic E-state index is 12.4. The molecule has 0 fully saturated rings. The lowest BCUT2D eigenvalue weighted by Gasteiger charge is -2.07. The van der Waals surface area contributed by atoms with Crippen LogP contribution in [-0.4, -0.2) is 38.7 Å². The zero-order valence-corrected chi connectivity index (χ0v) is 11.3. The number of pyridine rings is 1. The third kappa shape index (κ3) is 2.07. The molecule has 0 aromatic carbocycles. The van der Waals surface area contributed by atoms with Crippen molar-refractivity contribution in [2.75, 3.05) is 13.7 Å². The van der Waals surface area contributed by atoms with Gasteiger partial charge in [0.25, 0.3) is 5.56 Å². The number of carbonyl (C=O) groups is 1. The second-order valence-electron chi connectivity index (χ2n) is 4.56. The second kappa shape index (κ2) is 5.02. The van der Waals surface area contributed by atoms with Gasteiger partial charge in [-0.1, -0.05) is 6.07 Å². The van der Waals surface area contributed by atoms with Crippen LogP contribution >= 0.6 is 0 Å². The van der Waals surface area contributed by atoms with Crippen LogP contribution in [0.1, 0.15) is 10.5 Å². The van der Waals surface area contributed by atoms with E-state index in [0.29, 0.717) is 24.4 Å². The van der Waals surface area contributed by atoms with Gasteiger partial charge in [0.2, 0.25) is 0 Å². The predicted octanol–water partition coefficient (Wildman–Crippen LogP) is 0.994. The molecule has 0 radical (unpaired) electrons. The van der Waals surface area contributed by atoms with Gasteiger partial charge in [0, 0.05) is 19.9 Å². The van der Waals surface area contributed by atoms with Crippen LogP contribution in [-0.2, 0) is 11.3 Å². The first kappa shape index (κ1) is 13.3. The number of methoxy groups -OCH3 is 1. The molecule has 0 atom stereocenters. The second-order valence-corrected chi connectivity index (χ2v) is 4.56. The number of carboxylic acid groups (broad SMARTS) is 1. The van der Waals surface area contributed by atoms with Crippen molar-refractivity contribution >= 4 is 22.6 Å². The summed E-state index contributed by atoms with van der Waals surface area (Å²) >= 11 is 0. The van der Waals surface area contributed by atoms with Crippen LogP contribution in [0, 0.1) is 0 Å². The van der Waals surface area contributed by atoms with Gasteiger partial charge in [-0.3, -0.25) is 9.20 Å². The standard InChI is InChI=1S/C14H13N3O4/c1-21-7-6-16-10(14(19)20)8-9-12(16)15-11-4-2-3-5-17(11)13(9)18/h2-5,8H,6-7H2,1H3,(H,19,20). The zero-order chi connectivity index (χ0) is 15.0. The van der Waals surface area contributed by atoms with Gasteiger partial charge in [0.15, 0.2) is 0 Å². The van der Waals surface area contributed by atoms with Gasteiger partial charge >= 0.3 is 5.97 Å². The highest BCUT2D eigenvalue weighted by molar-refractivity contribution is 5.93. The highest BCUT2D eigenvalue weighted by atomic mass is 16.5. The van der Waals surface area contributed by atoms with Crippen molar-refractivity contribution in [2.24, 2.45) is 0 Å². The number of rotatable bonds is 4. The van der Waals surface area contributed by atoms with E-state index in [1.54, 1.807) is 24.4 Å². The quantitative estimate of drug-likeness (QED) is 0.773. The summed E-state index contributed by atoms with van der Waals surface area (Å²) in [5, 5.41) is 9.58. The Morgan fingerprint density at radius 1 is 1.43 bits per heavy atom. The highest BCUT2D eigenvalue weighted by Gasteiger charge is 2.18. The number of hydrogen-bond donors (Lipinski definition) is 1. The molecule has 0 unspecified atom stereocenters. The van der Waals surface area contributed by atoms with Crippen LogP contribution < -0.4 is 5.56 Å². The van der Waals surface area contributed by atoms with E-state index < -0.39 is 5.97 Å². The summed E-state index contributed by atoms with van der Waals surface area (Å²) in [6.45, 7) is 0.650. The predicted molar refractivity (Wildman–Crippen MR) is 75.8 cm³/mol. The van der Waals surface area contributed by atoms with Gasteiger partial charge in [0.1, 0.15) is 17.0 Å². The Bertz CT molecular complexity index is 894. The Morgan fingerprint density at radius 3 is 2.95 bits per heavy atom. The molecule has 7 nitrogen and oxygen atoms in total. The molecule has 3 heterocycles. The smallest absolute Gasteiger partial charge is 0.352 e. The minimum absolute atomic E-state index is 0.0301. The van der Waals surface area contributed by atoms with Gasteiger partial charge in [-0.15, -0.1) is 0 Å². The molecular formula is C14H13N3O4. The topological polar surface area (TPSA) is 85.8 Å². The normalized spacial score (nSPS) is 11.3. The average molecular weight is 287 g/mol. The first-order valence-electron chi connectivity index (χ1n) is 6.36. The van der Waals surface area contributed by atoms with Crippen LogP contribution in [0.4, 0.5) is 0 Å². The van der Waals surface area contributed by atoms with Crippen LogP contribution in [0.15, 0.2) is 35.3 Å². The molecule has 3 aromatic heterocycles.